The summed E-state index contributed by atoms with van der Waals surface area (Å²) in [5.41, 5.74) is 1.78. The molecule has 1 saturated heterocycles. The number of rotatable bonds is 10. The second-order valence-corrected chi connectivity index (χ2v) is 9.55. The first-order valence-corrected chi connectivity index (χ1v) is 12.0. The molecule has 7 nitrogen and oxygen atoms in total. The zero-order valence-electron chi connectivity index (χ0n) is 21.1. The Morgan fingerprint density at radius 2 is 1.83 bits per heavy atom. The lowest BCUT2D eigenvalue weighted by atomic mass is 9.94. The van der Waals surface area contributed by atoms with E-state index in [0.29, 0.717) is 42.4 Å². The molecule has 0 spiro atoms. The zero-order chi connectivity index (χ0) is 25.7. The number of hydrogen-bond donors (Lipinski definition) is 2. The number of phenolic OH excluding ortho intramolecular Hbond substituents is 1. The van der Waals surface area contributed by atoms with Gasteiger partial charge in [-0.15, -0.1) is 0 Å². The second-order valence-electron chi connectivity index (χ2n) is 9.55. The molecule has 1 unspecified atom stereocenters. The predicted octanol–water partition coefficient (Wildman–Crippen LogP) is 4.97. The fourth-order valence-electron chi connectivity index (χ4n) is 4.08. The summed E-state index contributed by atoms with van der Waals surface area (Å²) in [5.74, 6) is -0.608. The fourth-order valence-corrected chi connectivity index (χ4v) is 4.08. The van der Waals surface area contributed by atoms with Crippen molar-refractivity contribution in [1.82, 2.24) is 4.90 Å². The number of nitrogens with zero attached hydrogens (tertiary/aromatic N) is 1. The Bertz CT molecular complexity index is 1100. The van der Waals surface area contributed by atoms with E-state index in [4.69, 9.17) is 9.47 Å². The van der Waals surface area contributed by atoms with Gasteiger partial charge in [0, 0.05) is 18.7 Å². The Labute approximate surface area is 207 Å². The quantitative estimate of drug-likeness (QED) is 0.215. The number of phenols is 1. The van der Waals surface area contributed by atoms with Crippen LogP contribution in [-0.2, 0) is 14.3 Å². The predicted molar refractivity (Wildman–Crippen MR) is 134 cm³/mol. The van der Waals surface area contributed by atoms with Gasteiger partial charge in [0.15, 0.2) is 0 Å². The molecule has 0 radical (unpaired) electrons. The summed E-state index contributed by atoms with van der Waals surface area (Å²) in [6.07, 6.45) is 0.588. The van der Waals surface area contributed by atoms with E-state index >= 15 is 0 Å². The molecule has 0 bridgehead atoms. The first-order chi connectivity index (χ1) is 16.6. The summed E-state index contributed by atoms with van der Waals surface area (Å²) in [6, 6.07) is 10.8. The van der Waals surface area contributed by atoms with Crippen molar-refractivity contribution in [3.05, 3.63) is 64.7 Å². The summed E-state index contributed by atoms with van der Waals surface area (Å²) in [5, 5.41) is 21.3. The van der Waals surface area contributed by atoms with Gasteiger partial charge >= 0.3 is 0 Å². The van der Waals surface area contributed by atoms with Gasteiger partial charge in [0.1, 0.15) is 17.3 Å². The van der Waals surface area contributed by atoms with Crippen LogP contribution in [0.3, 0.4) is 0 Å². The number of likely N-dealkylation sites (tertiary alicyclic amines) is 1. The van der Waals surface area contributed by atoms with Gasteiger partial charge in [0.25, 0.3) is 11.7 Å². The van der Waals surface area contributed by atoms with Crippen molar-refractivity contribution in [2.45, 2.75) is 53.2 Å². The van der Waals surface area contributed by atoms with Crippen molar-refractivity contribution in [3.63, 3.8) is 0 Å². The van der Waals surface area contributed by atoms with Crippen LogP contribution in [0.15, 0.2) is 48.0 Å². The molecule has 2 N–H and O–H groups in total. The van der Waals surface area contributed by atoms with Gasteiger partial charge in [0.2, 0.25) is 0 Å². The average molecular weight is 482 g/mol. The number of ether oxygens (including phenoxy) is 2. The lowest BCUT2D eigenvalue weighted by Gasteiger charge is -2.25. The molecule has 0 saturated carbocycles. The number of carbonyl (C=O) groups is 2. The molecule has 1 amide bonds. The third-order valence-corrected chi connectivity index (χ3v) is 5.74. The maximum Gasteiger partial charge on any atom is 0.295 e. The molecule has 1 aliphatic rings. The zero-order valence-corrected chi connectivity index (χ0v) is 21.1. The number of ketones is 1. The minimum atomic E-state index is -0.821. The van der Waals surface area contributed by atoms with Crippen LogP contribution < -0.4 is 4.74 Å². The molecule has 1 heterocycles. The highest BCUT2D eigenvalue weighted by atomic mass is 16.5. The van der Waals surface area contributed by atoms with Crippen molar-refractivity contribution in [2.24, 2.45) is 5.92 Å². The van der Waals surface area contributed by atoms with E-state index in [1.165, 1.54) is 17.0 Å². The summed E-state index contributed by atoms with van der Waals surface area (Å²) >= 11 is 0. The molecule has 0 aliphatic carbocycles. The van der Waals surface area contributed by atoms with Crippen LogP contribution in [0, 0.1) is 12.8 Å². The molecule has 3 rings (SSSR count). The van der Waals surface area contributed by atoms with Crippen molar-refractivity contribution >= 4 is 17.4 Å². The standard InChI is InChI=1S/C28H35NO6/c1-17(2)16-35-23-11-10-21(14-19(23)5)26(31)24-25(20-8-6-9-22(30)15-20)29(28(33)27(24)32)12-7-13-34-18(3)4/h6,8-11,14-15,17-18,25,30-31H,7,12-13,16H2,1-5H3/b26-24-. The van der Waals surface area contributed by atoms with Gasteiger partial charge in [-0.05, 0) is 74.6 Å². The van der Waals surface area contributed by atoms with Crippen LogP contribution >= 0.6 is 0 Å². The SMILES string of the molecule is Cc1cc(/C(O)=C2/C(=O)C(=O)N(CCCOC(C)C)C2c2cccc(O)c2)ccc1OCC(C)C. The molecular weight excluding hydrogens is 446 g/mol. The minimum Gasteiger partial charge on any atom is -0.508 e. The summed E-state index contributed by atoms with van der Waals surface area (Å²) in [4.78, 5) is 27.6. The summed E-state index contributed by atoms with van der Waals surface area (Å²) in [6.45, 7) is 11.1. The maximum atomic E-state index is 13.1. The van der Waals surface area contributed by atoms with Gasteiger partial charge in [0.05, 0.1) is 24.3 Å². The molecule has 0 aromatic heterocycles. The second kappa shape index (κ2) is 11.4. The number of Topliss-reactive ketones (excluding diaryl/α,β-unsaturated/α-hetero) is 1. The maximum absolute atomic E-state index is 13.1. The first-order valence-electron chi connectivity index (χ1n) is 12.0. The van der Waals surface area contributed by atoms with Gasteiger partial charge < -0.3 is 24.6 Å². The Balaban J connectivity index is 2.01. The number of aryl methyl sites for hydroxylation is 1. The number of aromatic hydroxyl groups is 1. The van der Waals surface area contributed by atoms with Gasteiger partial charge in [-0.2, -0.15) is 0 Å². The Kier molecular flexibility index (Phi) is 8.57. The Morgan fingerprint density at radius 3 is 2.46 bits per heavy atom. The number of hydrogen-bond acceptors (Lipinski definition) is 6. The molecule has 7 heteroatoms. The lowest BCUT2D eigenvalue weighted by molar-refractivity contribution is -0.140. The smallest absolute Gasteiger partial charge is 0.295 e. The van der Waals surface area contributed by atoms with E-state index in [9.17, 15) is 19.8 Å². The molecule has 188 valence electrons. The minimum absolute atomic E-state index is 0.000580. The van der Waals surface area contributed by atoms with Crippen LogP contribution in [0.2, 0.25) is 0 Å². The number of benzene rings is 2. The number of aliphatic hydroxyl groups is 1. The lowest BCUT2D eigenvalue weighted by Crippen LogP contribution is -2.31. The van der Waals surface area contributed by atoms with Crippen LogP contribution in [0.5, 0.6) is 11.5 Å². The van der Waals surface area contributed by atoms with Gasteiger partial charge in [-0.3, -0.25) is 9.59 Å². The number of carbonyl (C=O) groups excluding carboxylic acids is 2. The van der Waals surface area contributed by atoms with E-state index in [1.807, 2.05) is 20.8 Å². The molecule has 2 aromatic rings. The van der Waals surface area contributed by atoms with E-state index in [1.54, 1.807) is 30.3 Å². The van der Waals surface area contributed by atoms with Crippen molar-refractivity contribution in [1.29, 1.82) is 0 Å². The van der Waals surface area contributed by atoms with E-state index in [0.717, 1.165) is 5.56 Å². The van der Waals surface area contributed by atoms with Gasteiger partial charge in [-0.25, -0.2) is 0 Å². The van der Waals surface area contributed by atoms with E-state index in [-0.39, 0.29) is 29.7 Å². The first kappa shape index (κ1) is 26.3. The van der Waals surface area contributed by atoms with Crippen molar-refractivity contribution in [2.75, 3.05) is 19.8 Å². The number of amides is 1. The van der Waals surface area contributed by atoms with E-state index < -0.39 is 17.7 Å². The highest BCUT2D eigenvalue weighted by Gasteiger charge is 2.45. The topological polar surface area (TPSA) is 96.3 Å². The van der Waals surface area contributed by atoms with Gasteiger partial charge in [-0.1, -0.05) is 26.0 Å². The molecule has 1 atom stereocenters. The highest BCUT2D eigenvalue weighted by Crippen LogP contribution is 2.40. The third kappa shape index (κ3) is 6.22. The normalized spacial score (nSPS) is 17.6. The average Bonchev–Trinajstić information content (AvgIpc) is 3.05. The monoisotopic (exact) mass is 481 g/mol. The third-order valence-electron chi connectivity index (χ3n) is 5.74. The van der Waals surface area contributed by atoms with Crippen LogP contribution in [0.4, 0.5) is 0 Å². The molecule has 2 aromatic carbocycles. The largest absolute Gasteiger partial charge is 0.508 e. The fraction of sp³-hybridized carbons (Fsp3) is 0.429. The highest BCUT2D eigenvalue weighted by molar-refractivity contribution is 6.46. The molecular formula is C28H35NO6. The molecule has 35 heavy (non-hydrogen) atoms. The van der Waals surface area contributed by atoms with Crippen LogP contribution in [0.1, 0.15) is 56.8 Å². The van der Waals surface area contributed by atoms with Crippen molar-refractivity contribution < 1.29 is 29.3 Å². The Hall–Kier alpha value is -3.32. The van der Waals surface area contributed by atoms with Crippen LogP contribution in [0.25, 0.3) is 5.76 Å². The van der Waals surface area contributed by atoms with E-state index in [2.05, 4.69) is 13.8 Å². The number of aliphatic hydroxyl groups excluding tert-OH is 1. The van der Waals surface area contributed by atoms with Crippen LogP contribution in [-0.4, -0.2) is 52.7 Å². The summed E-state index contributed by atoms with van der Waals surface area (Å²) < 4.78 is 11.4. The summed E-state index contributed by atoms with van der Waals surface area (Å²) in [7, 11) is 0. The Morgan fingerprint density at radius 1 is 1.09 bits per heavy atom. The molecule has 1 aliphatic heterocycles. The van der Waals surface area contributed by atoms with Crippen molar-refractivity contribution in [3.8, 4) is 11.5 Å². The molecule has 1 fully saturated rings.